The molecule has 0 bridgehead atoms. The van der Waals surface area contributed by atoms with Crippen LogP contribution in [0.25, 0.3) is 11.0 Å². The van der Waals surface area contributed by atoms with E-state index in [2.05, 4.69) is 36.2 Å². The van der Waals surface area contributed by atoms with Crippen molar-refractivity contribution in [2.45, 2.75) is 40.3 Å². The lowest BCUT2D eigenvalue weighted by molar-refractivity contribution is 0.100. The minimum atomic E-state index is -0.484. The van der Waals surface area contributed by atoms with E-state index in [1.807, 2.05) is 6.92 Å². The van der Waals surface area contributed by atoms with Crippen LogP contribution in [0.4, 0.5) is 5.69 Å². The van der Waals surface area contributed by atoms with E-state index in [0.717, 1.165) is 23.3 Å². The Balaban J connectivity index is 2.59. The molecule has 2 aromatic rings. The molecule has 0 unspecified atom stereocenters. The summed E-state index contributed by atoms with van der Waals surface area (Å²) >= 11 is 0. The fraction of sp³-hybridized carbons (Fsp3) is 0.500. The van der Waals surface area contributed by atoms with Gasteiger partial charge in [0, 0.05) is 18.8 Å². The SMILES string of the molecule is CCn1ncc2c(N[C@H](C)C(C)C)c(C(N)=O)cnc21. The third-order valence-corrected chi connectivity index (χ3v) is 3.60. The van der Waals surface area contributed by atoms with Gasteiger partial charge >= 0.3 is 0 Å². The predicted octanol–water partition coefficient (Wildman–Crippen LogP) is 2.01. The Morgan fingerprint density at radius 1 is 1.40 bits per heavy atom. The third kappa shape index (κ3) is 2.45. The first kappa shape index (κ1) is 14.3. The largest absolute Gasteiger partial charge is 0.381 e. The van der Waals surface area contributed by atoms with Gasteiger partial charge in [0.05, 0.1) is 22.8 Å². The minimum absolute atomic E-state index is 0.212. The van der Waals surface area contributed by atoms with Gasteiger partial charge in [0.25, 0.3) is 5.91 Å². The molecule has 0 radical (unpaired) electrons. The number of fused-ring (bicyclic) bond motifs is 1. The lowest BCUT2D eigenvalue weighted by Gasteiger charge is -2.20. The molecule has 1 atom stereocenters. The summed E-state index contributed by atoms with van der Waals surface area (Å²) in [7, 11) is 0. The molecule has 1 amide bonds. The lowest BCUT2D eigenvalue weighted by Crippen LogP contribution is -2.24. The minimum Gasteiger partial charge on any atom is -0.381 e. The fourth-order valence-corrected chi connectivity index (χ4v) is 1.99. The maximum atomic E-state index is 11.6. The van der Waals surface area contributed by atoms with Crippen molar-refractivity contribution in [2.24, 2.45) is 11.7 Å². The molecule has 0 fully saturated rings. The van der Waals surface area contributed by atoms with Crippen LogP contribution in [0, 0.1) is 5.92 Å². The molecule has 2 aromatic heterocycles. The second-order valence-electron chi connectivity index (χ2n) is 5.29. The summed E-state index contributed by atoms with van der Waals surface area (Å²) in [6.07, 6.45) is 3.25. The number of primary amides is 1. The van der Waals surface area contributed by atoms with Crippen LogP contribution in [-0.4, -0.2) is 26.7 Å². The number of nitrogens with one attached hydrogen (secondary N) is 1. The van der Waals surface area contributed by atoms with E-state index in [9.17, 15) is 4.79 Å². The highest BCUT2D eigenvalue weighted by atomic mass is 16.1. The molecule has 0 aliphatic rings. The number of hydrogen-bond donors (Lipinski definition) is 2. The highest BCUT2D eigenvalue weighted by molar-refractivity contribution is 6.05. The van der Waals surface area contributed by atoms with Crippen LogP contribution >= 0.6 is 0 Å². The summed E-state index contributed by atoms with van der Waals surface area (Å²) in [5.74, 6) is -0.0535. The van der Waals surface area contributed by atoms with Crippen LogP contribution in [0.1, 0.15) is 38.1 Å². The van der Waals surface area contributed by atoms with E-state index in [0.29, 0.717) is 11.5 Å². The van der Waals surface area contributed by atoms with E-state index in [1.165, 1.54) is 6.20 Å². The number of aromatic nitrogens is 3. The van der Waals surface area contributed by atoms with E-state index < -0.39 is 5.91 Å². The van der Waals surface area contributed by atoms with Gasteiger partial charge in [-0.15, -0.1) is 0 Å². The first-order valence-corrected chi connectivity index (χ1v) is 6.86. The predicted molar refractivity (Wildman–Crippen MR) is 79.6 cm³/mol. The molecule has 3 N–H and O–H groups in total. The van der Waals surface area contributed by atoms with Crippen molar-refractivity contribution >= 4 is 22.6 Å². The van der Waals surface area contributed by atoms with Crippen LogP contribution in [0.3, 0.4) is 0 Å². The number of carbonyl (C=O) groups is 1. The summed E-state index contributed by atoms with van der Waals surface area (Å²) in [6, 6.07) is 0.212. The summed E-state index contributed by atoms with van der Waals surface area (Å²) in [6.45, 7) is 9.04. The number of amides is 1. The molecule has 0 aromatic carbocycles. The number of rotatable bonds is 5. The third-order valence-electron chi connectivity index (χ3n) is 3.60. The summed E-state index contributed by atoms with van der Waals surface area (Å²) in [4.78, 5) is 15.9. The molecule has 0 spiro atoms. The molecule has 6 nitrogen and oxygen atoms in total. The van der Waals surface area contributed by atoms with Crippen LogP contribution in [0.15, 0.2) is 12.4 Å². The molecule has 0 saturated heterocycles. The highest BCUT2D eigenvalue weighted by Crippen LogP contribution is 2.27. The van der Waals surface area contributed by atoms with E-state index in [-0.39, 0.29) is 6.04 Å². The maximum absolute atomic E-state index is 11.6. The van der Waals surface area contributed by atoms with Crippen LogP contribution in [-0.2, 0) is 6.54 Å². The molecule has 0 saturated carbocycles. The Kier molecular flexibility index (Phi) is 3.92. The number of nitrogens with zero attached hydrogens (tertiary/aromatic N) is 3. The molecule has 6 heteroatoms. The number of pyridine rings is 1. The molecule has 20 heavy (non-hydrogen) atoms. The molecule has 0 aliphatic carbocycles. The van der Waals surface area contributed by atoms with Gasteiger partial charge in [-0.25, -0.2) is 9.67 Å². The first-order chi connectivity index (χ1) is 9.45. The molecule has 2 rings (SSSR count). The van der Waals surface area contributed by atoms with Crippen molar-refractivity contribution in [3.63, 3.8) is 0 Å². The molecular formula is C14H21N5O. The Labute approximate surface area is 118 Å². The number of hydrogen-bond acceptors (Lipinski definition) is 4. The van der Waals surface area contributed by atoms with Crippen molar-refractivity contribution in [2.75, 3.05) is 5.32 Å². The van der Waals surface area contributed by atoms with E-state index in [1.54, 1.807) is 10.9 Å². The summed E-state index contributed by atoms with van der Waals surface area (Å²) < 4.78 is 1.80. The van der Waals surface area contributed by atoms with Crippen molar-refractivity contribution in [3.8, 4) is 0 Å². The Bertz CT molecular complexity index is 632. The summed E-state index contributed by atoms with van der Waals surface area (Å²) in [5.41, 5.74) is 7.34. The first-order valence-electron chi connectivity index (χ1n) is 6.86. The van der Waals surface area contributed by atoms with Crippen molar-refractivity contribution < 1.29 is 4.79 Å². The van der Waals surface area contributed by atoms with E-state index >= 15 is 0 Å². The van der Waals surface area contributed by atoms with Crippen LogP contribution in [0.5, 0.6) is 0 Å². The van der Waals surface area contributed by atoms with Gasteiger partial charge in [0.1, 0.15) is 0 Å². The number of anilines is 1. The average molecular weight is 275 g/mol. The monoisotopic (exact) mass is 275 g/mol. The number of carbonyl (C=O) groups excluding carboxylic acids is 1. The topological polar surface area (TPSA) is 85.8 Å². The average Bonchev–Trinajstić information content (AvgIpc) is 2.81. The standard InChI is InChI=1S/C14H21N5O/c1-5-19-14-11(7-17-19)12(18-9(4)8(2)3)10(6-16-14)13(15)20/h6-9H,5H2,1-4H3,(H2,15,20)(H,16,18)/t9-/m1/s1. The van der Waals surface area contributed by atoms with Crippen LogP contribution < -0.4 is 11.1 Å². The second-order valence-corrected chi connectivity index (χ2v) is 5.29. The molecule has 2 heterocycles. The van der Waals surface area contributed by atoms with Gasteiger partial charge in [-0.1, -0.05) is 13.8 Å². The Morgan fingerprint density at radius 3 is 2.65 bits per heavy atom. The van der Waals surface area contributed by atoms with Gasteiger partial charge in [0.2, 0.25) is 0 Å². The van der Waals surface area contributed by atoms with Crippen molar-refractivity contribution in [1.82, 2.24) is 14.8 Å². The van der Waals surface area contributed by atoms with Crippen LogP contribution in [0.2, 0.25) is 0 Å². The van der Waals surface area contributed by atoms with Gasteiger partial charge in [-0.2, -0.15) is 5.10 Å². The van der Waals surface area contributed by atoms with Crippen molar-refractivity contribution in [3.05, 3.63) is 18.0 Å². The van der Waals surface area contributed by atoms with E-state index in [4.69, 9.17) is 5.73 Å². The fourth-order valence-electron chi connectivity index (χ4n) is 1.99. The molecule has 0 aliphatic heterocycles. The maximum Gasteiger partial charge on any atom is 0.252 e. The zero-order valence-corrected chi connectivity index (χ0v) is 12.3. The second kappa shape index (κ2) is 5.48. The number of aryl methyl sites for hydroxylation is 1. The zero-order chi connectivity index (χ0) is 14.9. The Morgan fingerprint density at radius 2 is 2.10 bits per heavy atom. The number of nitrogens with two attached hydrogens (primary N) is 1. The molecule has 108 valence electrons. The van der Waals surface area contributed by atoms with Gasteiger partial charge in [-0.05, 0) is 19.8 Å². The summed E-state index contributed by atoms with van der Waals surface area (Å²) in [5, 5.41) is 8.50. The van der Waals surface area contributed by atoms with Crippen molar-refractivity contribution in [1.29, 1.82) is 0 Å². The van der Waals surface area contributed by atoms with Gasteiger partial charge in [-0.3, -0.25) is 4.79 Å². The lowest BCUT2D eigenvalue weighted by atomic mass is 10.0. The Hall–Kier alpha value is -2.11. The normalized spacial score (nSPS) is 12.8. The van der Waals surface area contributed by atoms with Gasteiger partial charge < -0.3 is 11.1 Å². The van der Waals surface area contributed by atoms with Gasteiger partial charge in [0.15, 0.2) is 5.65 Å². The highest BCUT2D eigenvalue weighted by Gasteiger charge is 2.18. The molecular weight excluding hydrogens is 254 g/mol. The smallest absolute Gasteiger partial charge is 0.252 e. The quantitative estimate of drug-likeness (QED) is 0.874. The zero-order valence-electron chi connectivity index (χ0n) is 12.3.